The Hall–Kier alpha value is -4.10. The molecule has 0 atom stereocenters. The molecule has 0 aliphatic rings. The van der Waals surface area contributed by atoms with Crippen LogP contribution in [0.4, 0.5) is 0 Å². The minimum Gasteiger partial charge on any atom is -0.487 e. The lowest BCUT2D eigenvalue weighted by Crippen LogP contribution is -2.34. The van der Waals surface area contributed by atoms with Gasteiger partial charge in [-0.3, -0.25) is 14.8 Å². The number of hydrogen-bond acceptors (Lipinski definition) is 5. The molecule has 0 unspecified atom stereocenters. The highest BCUT2D eigenvalue weighted by molar-refractivity contribution is 8.00. The van der Waals surface area contributed by atoms with Crippen LogP contribution in [0, 0.1) is 5.41 Å². The number of rotatable bonds is 10. The van der Waals surface area contributed by atoms with Gasteiger partial charge in [-0.15, -0.1) is 11.8 Å². The predicted octanol–water partition coefficient (Wildman–Crippen LogP) is 7.67. The fourth-order valence-electron chi connectivity index (χ4n) is 4.86. The van der Waals surface area contributed by atoms with Crippen LogP contribution in [0.15, 0.2) is 96.2 Å². The smallest absolute Gasteiger partial charge is 0.223 e. The average molecular weight is 579 g/mol. The standard InChI is InChI=1S/C35H38N4O2S/c1-34(2,3)42-32-28-17-16-27(41-23-26-10-6-8-18-37-26)20-30(28)39(31(32)21-35(4,5)33(36)40)22-24-12-14-25(15-13-24)29-11-7-9-19-38-29/h6-20H,21-23H2,1-5H3,(H2,36,40). The first-order valence-electron chi connectivity index (χ1n) is 14.2. The van der Waals surface area contributed by atoms with Crippen molar-refractivity contribution in [2.75, 3.05) is 0 Å². The molecule has 0 aliphatic heterocycles. The summed E-state index contributed by atoms with van der Waals surface area (Å²) in [5.74, 6) is 0.454. The Labute approximate surface area is 252 Å². The number of primary amides is 1. The number of carbonyl (C=O) groups is 1. The van der Waals surface area contributed by atoms with Gasteiger partial charge in [0.25, 0.3) is 0 Å². The molecule has 7 heteroatoms. The monoisotopic (exact) mass is 578 g/mol. The van der Waals surface area contributed by atoms with E-state index in [1.165, 1.54) is 4.90 Å². The molecular formula is C35H38N4O2S. The lowest BCUT2D eigenvalue weighted by atomic mass is 9.87. The molecule has 42 heavy (non-hydrogen) atoms. The van der Waals surface area contributed by atoms with Crippen molar-refractivity contribution in [3.8, 4) is 17.0 Å². The van der Waals surface area contributed by atoms with Crippen LogP contribution in [0.1, 0.15) is 51.6 Å². The van der Waals surface area contributed by atoms with Crippen LogP contribution in [0.5, 0.6) is 5.75 Å². The first-order valence-corrected chi connectivity index (χ1v) is 15.0. The van der Waals surface area contributed by atoms with Gasteiger partial charge in [0.2, 0.25) is 5.91 Å². The number of benzene rings is 2. The zero-order valence-corrected chi connectivity index (χ0v) is 25.7. The van der Waals surface area contributed by atoms with Crippen LogP contribution in [-0.4, -0.2) is 25.2 Å². The molecule has 0 saturated heterocycles. The van der Waals surface area contributed by atoms with E-state index < -0.39 is 5.41 Å². The maximum atomic E-state index is 12.5. The largest absolute Gasteiger partial charge is 0.487 e. The number of carbonyl (C=O) groups excluding carboxylic acids is 1. The van der Waals surface area contributed by atoms with Crippen LogP contribution >= 0.6 is 11.8 Å². The maximum Gasteiger partial charge on any atom is 0.223 e. The number of aromatic nitrogens is 3. The van der Waals surface area contributed by atoms with Crippen molar-refractivity contribution in [1.29, 1.82) is 0 Å². The van der Waals surface area contributed by atoms with Gasteiger partial charge in [0, 0.05) is 63.1 Å². The van der Waals surface area contributed by atoms with Gasteiger partial charge in [0.15, 0.2) is 0 Å². The van der Waals surface area contributed by atoms with Gasteiger partial charge >= 0.3 is 0 Å². The first kappa shape index (κ1) is 29.4. The Morgan fingerprint density at radius 2 is 1.62 bits per heavy atom. The zero-order valence-electron chi connectivity index (χ0n) is 24.9. The van der Waals surface area contributed by atoms with E-state index in [4.69, 9.17) is 10.5 Å². The Morgan fingerprint density at radius 3 is 2.24 bits per heavy atom. The van der Waals surface area contributed by atoms with Gasteiger partial charge in [-0.2, -0.15) is 0 Å². The first-order chi connectivity index (χ1) is 20.0. The second kappa shape index (κ2) is 12.0. The lowest BCUT2D eigenvalue weighted by Gasteiger charge is -2.25. The van der Waals surface area contributed by atoms with Crippen LogP contribution in [0.2, 0.25) is 0 Å². The Bertz CT molecular complexity index is 1670. The minimum absolute atomic E-state index is 0.0385. The topological polar surface area (TPSA) is 83.0 Å². The summed E-state index contributed by atoms with van der Waals surface area (Å²) in [7, 11) is 0. The van der Waals surface area contributed by atoms with E-state index in [9.17, 15) is 4.79 Å². The molecule has 3 aromatic heterocycles. The number of hydrogen-bond donors (Lipinski definition) is 1. The highest BCUT2D eigenvalue weighted by Crippen LogP contribution is 2.44. The molecule has 0 bridgehead atoms. The molecule has 0 saturated carbocycles. The molecule has 2 aromatic carbocycles. The Kier molecular flexibility index (Phi) is 8.41. The fraction of sp³-hybridized carbons (Fsp3) is 0.286. The summed E-state index contributed by atoms with van der Waals surface area (Å²) in [4.78, 5) is 22.6. The van der Waals surface area contributed by atoms with E-state index in [1.54, 1.807) is 6.20 Å². The summed E-state index contributed by atoms with van der Waals surface area (Å²) in [6, 6.07) is 26.5. The summed E-state index contributed by atoms with van der Waals surface area (Å²) < 4.78 is 8.49. The summed E-state index contributed by atoms with van der Waals surface area (Å²) in [5.41, 5.74) is 11.4. The quantitative estimate of drug-likeness (QED) is 0.172. The van der Waals surface area contributed by atoms with Crippen molar-refractivity contribution in [3.63, 3.8) is 0 Å². The second-order valence-corrected chi connectivity index (χ2v) is 14.0. The van der Waals surface area contributed by atoms with Crippen molar-refractivity contribution >= 4 is 28.6 Å². The SMILES string of the molecule is CC(C)(C)Sc1c(CC(C)(C)C(N)=O)n(Cc2ccc(-c3ccccn3)cc2)c2cc(OCc3ccccn3)ccc12. The molecule has 216 valence electrons. The minimum atomic E-state index is -0.722. The molecule has 5 rings (SSSR count). The third kappa shape index (κ3) is 6.85. The van der Waals surface area contributed by atoms with Gasteiger partial charge in [0.1, 0.15) is 12.4 Å². The van der Waals surface area contributed by atoms with E-state index >= 15 is 0 Å². The van der Waals surface area contributed by atoms with Gasteiger partial charge in [-0.05, 0) is 42.0 Å². The van der Waals surface area contributed by atoms with E-state index in [2.05, 4.69) is 71.7 Å². The van der Waals surface area contributed by atoms with Gasteiger partial charge in [-0.25, -0.2) is 0 Å². The van der Waals surface area contributed by atoms with Crippen molar-refractivity contribution in [3.05, 3.63) is 108 Å². The summed E-state index contributed by atoms with van der Waals surface area (Å²) in [6.07, 6.45) is 4.10. The van der Waals surface area contributed by atoms with Crippen molar-refractivity contribution in [2.45, 2.75) is 63.8 Å². The number of nitrogens with two attached hydrogens (primary N) is 1. The summed E-state index contributed by atoms with van der Waals surface area (Å²) in [6.45, 7) is 11.5. The molecule has 5 aromatic rings. The third-order valence-corrected chi connectivity index (χ3v) is 8.42. The molecular weight excluding hydrogens is 540 g/mol. The summed E-state index contributed by atoms with van der Waals surface area (Å²) >= 11 is 1.82. The molecule has 3 heterocycles. The normalized spacial score (nSPS) is 12.0. The van der Waals surface area contributed by atoms with E-state index in [-0.39, 0.29) is 10.7 Å². The highest BCUT2D eigenvalue weighted by atomic mass is 32.2. The number of fused-ring (bicyclic) bond motifs is 1. The number of ether oxygens (including phenoxy) is 1. The van der Waals surface area contributed by atoms with Crippen molar-refractivity contribution in [2.24, 2.45) is 11.1 Å². The van der Waals surface area contributed by atoms with Crippen LogP contribution in [-0.2, 0) is 24.4 Å². The number of amides is 1. The number of thioether (sulfide) groups is 1. The van der Waals surface area contributed by atoms with E-state index in [0.29, 0.717) is 19.6 Å². The van der Waals surface area contributed by atoms with Crippen molar-refractivity contribution < 1.29 is 9.53 Å². The highest BCUT2D eigenvalue weighted by Gasteiger charge is 2.31. The van der Waals surface area contributed by atoms with Gasteiger partial charge in [0.05, 0.1) is 16.9 Å². The zero-order chi connectivity index (χ0) is 29.9. The third-order valence-electron chi connectivity index (χ3n) is 7.15. The average Bonchev–Trinajstić information content (AvgIpc) is 3.22. The fourth-order valence-corrected chi connectivity index (χ4v) is 6.06. The van der Waals surface area contributed by atoms with Crippen molar-refractivity contribution in [1.82, 2.24) is 14.5 Å². The molecule has 0 radical (unpaired) electrons. The summed E-state index contributed by atoms with van der Waals surface area (Å²) in [5, 5.41) is 1.14. The second-order valence-electron chi connectivity index (χ2n) is 12.2. The molecule has 0 aliphatic carbocycles. The molecule has 2 N–H and O–H groups in total. The molecule has 1 amide bonds. The number of pyridine rings is 2. The Balaban J connectivity index is 1.60. The van der Waals surface area contributed by atoms with Crippen LogP contribution in [0.3, 0.4) is 0 Å². The van der Waals surface area contributed by atoms with Gasteiger partial charge < -0.3 is 15.0 Å². The Morgan fingerprint density at radius 1 is 0.905 bits per heavy atom. The van der Waals surface area contributed by atoms with Crippen LogP contribution in [0.25, 0.3) is 22.2 Å². The lowest BCUT2D eigenvalue weighted by molar-refractivity contribution is -0.126. The van der Waals surface area contributed by atoms with E-state index in [0.717, 1.165) is 44.9 Å². The molecule has 0 fully saturated rings. The van der Waals surface area contributed by atoms with E-state index in [1.807, 2.05) is 74.3 Å². The number of nitrogens with zero attached hydrogens (tertiary/aromatic N) is 3. The van der Waals surface area contributed by atoms with Gasteiger partial charge in [-0.1, -0.05) is 71.0 Å². The maximum absolute atomic E-state index is 12.5. The van der Waals surface area contributed by atoms with Crippen LogP contribution < -0.4 is 10.5 Å². The predicted molar refractivity (Wildman–Crippen MR) is 172 cm³/mol. The molecule has 0 spiro atoms. The molecule has 6 nitrogen and oxygen atoms in total.